The van der Waals surface area contributed by atoms with Gasteiger partial charge in [-0.3, -0.25) is 4.79 Å². The second-order valence-corrected chi connectivity index (χ2v) is 4.26. The molecule has 1 fully saturated rings. The van der Waals surface area contributed by atoms with Crippen LogP contribution < -0.4 is 5.73 Å². The third kappa shape index (κ3) is 2.87. The number of carbonyl (C=O) groups excluding carboxylic acids is 1. The van der Waals surface area contributed by atoms with Crippen LogP contribution in [0.15, 0.2) is 0 Å². The molecule has 0 saturated heterocycles. The molecular formula is C10H17F3N2O. The Kier molecular flexibility index (Phi) is 4.18. The molecule has 94 valence electrons. The number of alkyl halides is 3. The third-order valence-corrected chi connectivity index (χ3v) is 3.23. The monoisotopic (exact) mass is 238 g/mol. The van der Waals surface area contributed by atoms with Crippen molar-refractivity contribution in [2.24, 2.45) is 11.7 Å². The molecule has 0 aromatic heterocycles. The van der Waals surface area contributed by atoms with Crippen molar-refractivity contribution in [1.82, 2.24) is 4.90 Å². The molecule has 2 N–H and O–H groups in total. The largest absolute Gasteiger partial charge is 0.471 e. The van der Waals surface area contributed by atoms with Gasteiger partial charge in [-0.2, -0.15) is 13.2 Å². The topological polar surface area (TPSA) is 46.3 Å². The van der Waals surface area contributed by atoms with Crippen LogP contribution in [0, 0.1) is 5.92 Å². The highest BCUT2D eigenvalue weighted by atomic mass is 19.4. The molecule has 1 aliphatic rings. The number of rotatable bonds is 2. The number of nitrogens with zero attached hydrogens (tertiary/aromatic N) is 1. The summed E-state index contributed by atoms with van der Waals surface area (Å²) in [4.78, 5) is 11.9. The minimum Gasteiger partial charge on any atom is -0.335 e. The number of nitrogens with two attached hydrogens (primary N) is 1. The molecule has 1 aliphatic carbocycles. The number of carbonyl (C=O) groups is 1. The van der Waals surface area contributed by atoms with Crippen molar-refractivity contribution in [3.63, 3.8) is 0 Å². The van der Waals surface area contributed by atoms with Gasteiger partial charge in [-0.25, -0.2) is 0 Å². The number of amides is 1. The second kappa shape index (κ2) is 5.03. The van der Waals surface area contributed by atoms with Gasteiger partial charge in [0.05, 0.1) is 0 Å². The van der Waals surface area contributed by atoms with Gasteiger partial charge >= 0.3 is 12.1 Å². The van der Waals surface area contributed by atoms with Crippen LogP contribution >= 0.6 is 0 Å². The first kappa shape index (κ1) is 13.3. The lowest BCUT2D eigenvalue weighted by atomic mass is 9.83. The summed E-state index contributed by atoms with van der Waals surface area (Å²) in [5.41, 5.74) is 5.52. The van der Waals surface area contributed by atoms with Crippen molar-refractivity contribution in [2.75, 3.05) is 13.6 Å². The maximum Gasteiger partial charge on any atom is 0.471 e. The standard InChI is InChI=1S/C10H17F3N2O/c1-15(9(16)10(11,12)13)8-5-3-2-4-7(8)6-14/h7-8H,2-6,14H2,1H3. The molecule has 6 heteroatoms. The normalized spacial score (nSPS) is 26.6. The number of hydrogen-bond donors (Lipinski definition) is 1. The molecule has 0 bridgehead atoms. The fourth-order valence-corrected chi connectivity index (χ4v) is 2.32. The van der Waals surface area contributed by atoms with E-state index in [2.05, 4.69) is 0 Å². The van der Waals surface area contributed by atoms with Crippen molar-refractivity contribution >= 4 is 5.91 Å². The van der Waals surface area contributed by atoms with Crippen LogP contribution in [0.3, 0.4) is 0 Å². The van der Waals surface area contributed by atoms with Gasteiger partial charge in [0.2, 0.25) is 0 Å². The Bertz CT molecular complexity index is 255. The summed E-state index contributed by atoms with van der Waals surface area (Å²) < 4.78 is 36.8. The molecule has 3 nitrogen and oxygen atoms in total. The van der Waals surface area contributed by atoms with E-state index in [1.165, 1.54) is 7.05 Å². The molecule has 0 aliphatic heterocycles. The summed E-state index contributed by atoms with van der Waals surface area (Å²) >= 11 is 0. The molecule has 0 heterocycles. The first-order valence-electron chi connectivity index (χ1n) is 5.42. The van der Waals surface area contributed by atoms with Crippen LogP contribution in [0.5, 0.6) is 0 Å². The molecule has 1 rings (SSSR count). The fraction of sp³-hybridized carbons (Fsp3) is 0.900. The summed E-state index contributed by atoms with van der Waals surface area (Å²) in [7, 11) is 1.22. The predicted octanol–water partition coefficient (Wildman–Crippen LogP) is 1.52. The first-order chi connectivity index (χ1) is 7.38. The zero-order valence-electron chi connectivity index (χ0n) is 9.26. The van der Waals surface area contributed by atoms with E-state index in [9.17, 15) is 18.0 Å². The van der Waals surface area contributed by atoms with Gasteiger partial charge in [0, 0.05) is 13.1 Å². The van der Waals surface area contributed by atoms with Gasteiger partial charge in [-0.05, 0) is 25.3 Å². The van der Waals surface area contributed by atoms with Crippen LogP contribution in [0.2, 0.25) is 0 Å². The van der Waals surface area contributed by atoms with Gasteiger partial charge in [-0.1, -0.05) is 12.8 Å². The zero-order chi connectivity index (χ0) is 12.3. The molecule has 1 saturated carbocycles. The van der Waals surface area contributed by atoms with Crippen LogP contribution in [-0.4, -0.2) is 36.6 Å². The van der Waals surface area contributed by atoms with Gasteiger partial charge in [0.25, 0.3) is 0 Å². The van der Waals surface area contributed by atoms with E-state index < -0.39 is 12.1 Å². The molecule has 0 aromatic rings. The Balaban J connectivity index is 2.71. The minimum absolute atomic E-state index is 0.00921. The summed E-state index contributed by atoms with van der Waals surface area (Å²) in [5.74, 6) is -1.78. The summed E-state index contributed by atoms with van der Waals surface area (Å²) in [6.07, 6.45) is -1.54. The van der Waals surface area contributed by atoms with E-state index >= 15 is 0 Å². The molecule has 2 unspecified atom stereocenters. The van der Waals surface area contributed by atoms with Gasteiger partial charge in [-0.15, -0.1) is 0 Å². The lowest BCUT2D eigenvalue weighted by Gasteiger charge is -2.37. The Labute approximate surface area is 92.8 Å². The summed E-state index contributed by atoms with van der Waals surface area (Å²) in [6, 6.07) is -0.368. The minimum atomic E-state index is -4.79. The Morgan fingerprint density at radius 1 is 1.38 bits per heavy atom. The first-order valence-corrected chi connectivity index (χ1v) is 5.42. The quantitative estimate of drug-likeness (QED) is 0.793. The van der Waals surface area contributed by atoms with E-state index in [1.807, 2.05) is 0 Å². The van der Waals surface area contributed by atoms with Crippen LogP contribution in [0.1, 0.15) is 25.7 Å². The summed E-state index contributed by atoms with van der Waals surface area (Å²) in [6.45, 7) is 0.333. The van der Waals surface area contributed by atoms with Gasteiger partial charge < -0.3 is 10.6 Å². The fourth-order valence-electron chi connectivity index (χ4n) is 2.32. The SMILES string of the molecule is CN(C(=O)C(F)(F)F)C1CCCCC1CN. The maximum absolute atomic E-state index is 12.3. The predicted molar refractivity (Wildman–Crippen MR) is 53.6 cm³/mol. The van der Waals surface area contributed by atoms with Crippen molar-refractivity contribution in [1.29, 1.82) is 0 Å². The van der Waals surface area contributed by atoms with Crippen LogP contribution in [-0.2, 0) is 4.79 Å². The molecule has 0 aromatic carbocycles. The number of halogens is 3. The van der Waals surface area contributed by atoms with E-state index in [-0.39, 0.29) is 12.0 Å². The Hall–Kier alpha value is -0.780. The van der Waals surface area contributed by atoms with Crippen LogP contribution in [0.25, 0.3) is 0 Å². The van der Waals surface area contributed by atoms with Crippen molar-refractivity contribution in [3.05, 3.63) is 0 Å². The highest BCUT2D eigenvalue weighted by molar-refractivity contribution is 5.81. The average Bonchev–Trinajstić information content (AvgIpc) is 2.25. The number of hydrogen-bond acceptors (Lipinski definition) is 2. The van der Waals surface area contributed by atoms with E-state index in [4.69, 9.17) is 5.73 Å². The molecule has 16 heavy (non-hydrogen) atoms. The molecule has 2 atom stereocenters. The van der Waals surface area contributed by atoms with Crippen LogP contribution in [0.4, 0.5) is 13.2 Å². The van der Waals surface area contributed by atoms with E-state index in [1.54, 1.807) is 0 Å². The zero-order valence-corrected chi connectivity index (χ0v) is 9.26. The smallest absolute Gasteiger partial charge is 0.335 e. The molecule has 0 radical (unpaired) electrons. The Morgan fingerprint density at radius 2 is 1.94 bits per heavy atom. The molecule has 0 spiro atoms. The van der Waals surface area contributed by atoms with Crippen molar-refractivity contribution in [2.45, 2.75) is 37.9 Å². The third-order valence-electron chi connectivity index (χ3n) is 3.23. The highest BCUT2D eigenvalue weighted by Gasteiger charge is 2.44. The molecule has 1 amide bonds. The summed E-state index contributed by atoms with van der Waals surface area (Å²) in [5, 5.41) is 0. The maximum atomic E-state index is 12.3. The van der Waals surface area contributed by atoms with E-state index in [0.717, 1.165) is 24.2 Å². The van der Waals surface area contributed by atoms with E-state index in [0.29, 0.717) is 13.0 Å². The highest BCUT2D eigenvalue weighted by Crippen LogP contribution is 2.29. The average molecular weight is 238 g/mol. The second-order valence-electron chi connectivity index (χ2n) is 4.26. The lowest BCUT2D eigenvalue weighted by Crippen LogP contribution is -2.50. The van der Waals surface area contributed by atoms with Crippen molar-refractivity contribution in [3.8, 4) is 0 Å². The van der Waals surface area contributed by atoms with Gasteiger partial charge in [0.15, 0.2) is 0 Å². The van der Waals surface area contributed by atoms with Gasteiger partial charge in [0.1, 0.15) is 0 Å². The molecular weight excluding hydrogens is 221 g/mol. The van der Waals surface area contributed by atoms with Crippen molar-refractivity contribution < 1.29 is 18.0 Å². The Morgan fingerprint density at radius 3 is 2.44 bits per heavy atom. The lowest BCUT2D eigenvalue weighted by molar-refractivity contribution is -0.187.